The van der Waals surface area contributed by atoms with Gasteiger partial charge in [0.2, 0.25) is 5.91 Å². The molecule has 2 heterocycles. The van der Waals surface area contributed by atoms with Crippen LogP contribution in [0.3, 0.4) is 0 Å². The Morgan fingerprint density at radius 2 is 2.04 bits per heavy atom. The van der Waals surface area contributed by atoms with Crippen LogP contribution < -0.4 is 5.32 Å². The molecule has 1 N–H and O–H groups in total. The lowest BCUT2D eigenvalue weighted by atomic mass is 9.88. The van der Waals surface area contributed by atoms with Crippen molar-refractivity contribution in [2.45, 2.75) is 46.0 Å². The molecule has 1 aromatic carbocycles. The average molecular weight is 347 g/mol. The van der Waals surface area contributed by atoms with Gasteiger partial charge in [-0.05, 0) is 48.9 Å². The van der Waals surface area contributed by atoms with Crippen molar-refractivity contribution in [2.75, 3.05) is 5.32 Å². The molecule has 0 fully saturated rings. The van der Waals surface area contributed by atoms with E-state index in [1.807, 2.05) is 18.2 Å². The van der Waals surface area contributed by atoms with Gasteiger partial charge in [0.05, 0.1) is 5.69 Å². The van der Waals surface area contributed by atoms with Crippen LogP contribution in [0.15, 0.2) is 42.6 Å². The van der Waals surface area contributed by atoms with Gasteiger partial charge in [-0.2, -0.15) is 0 Å². The number of pyridine rings is 1. The van der Waals surface area contributed by atoms with Crippen molar-refractivity contribution in [3.05, 3.63) is 65.1 Å². The number of amides is 1. The number of nitrogens with zero attached hydrogens (tertiary/aromatic N) is 2. The third kappa shape index (κ3) is 3.00. The van der Waals surface area contributed by atoms with Crippen LogP contribution in [0.4, 0.5) is 5.69 Å². The summed E-state index contributed by atoms with van der Waals surface area (Å²) in [4.78, 5) is 17.7. The van der Waals surface area contributed by atoms with Gasteiger partial charge < -0.3 is 9.72 Å². The molecule has 0 bridgehead atoms. The van der Waals surface area contributed by atoms with Crippen LogP contribution in [-0.2, 0) is 17.6 Å². The number of carbonyl (C=O) groups excluding carboxylic acids is 1. The molecule has 1 aliphatic carbocycles. The summed E-state index contributed by atoms with van der Waals surface area (Å²) in [6.45, 7) is 6.39. The summed E-state index contributed by atoms with van der Waals surface area (Å²) in [5, 5.41) is 3.18. The summed E-state index contributed by atoms with van der Waals surface area (Å²) in [6.07, 6.45) is 4.58. The Morgan fingerprint density at radius 1 is 1.23 bits per heavy atom. The fraction of sp³-hybridized carbons (Fsp3) is 0.364. The second kappa shape index (κ2) is 6.60. The van der Waals surface area contributed by atoms with E-state index in [9.17, 15) is 4.79 Å². The van der Waals surface area contributed by atoms with E-state index in [2.05, 4.69) is 54.9 Å². The first-order chi connectivity index (χ1) is 12.5. The number of para-hydroxylation sites is 1. The first kappa shape index (κ1) is 16.8. The smallest absolute Gasteiger partial charge is 0.227 e. The van der Waals surface area contributed by atoms with Crippen LogP contribution in [0.2, 0.25) is 0 Å². The maximum Gasteiger partial charge on any atom is 0.227 e. The Balaban J connectivity index is 1.58. The predicted octanol–water partition coefficient (Wildman–Crippen LogP) is 4.51. The van der Waals surface area contributed by atoms with E-state index >= 15 is 0 Å². The van der Waals surface area contributed by atoms with E-state index < -0.39 is 0 Å². The molecule has 1 unspecified atom stereocenters. The van der Waals surface area contributed by atoms with Gasteiger partial charge in [0.1, 0.15) is 5.65 Å². The zero-order chi connectivity index (χ0) is 18.3. The monoisotopic (exact) mass is 347 g/mol. The van der Waals surface area contributed by atoms with Crippen LogP contribution in [0, 0.1) is 12.8 Å². The molecular weight excluding hydrogens is 322 g/mol. The number of aromatic nitrogens is 2. The lowest BCUT2D eigenvalue weighted by Gasteiger charge is -2.22. The Bertz CT molecular complexity index is 971. The molecule has 134 valence electrons. The number of hydrogen-bond acceptors (Lipinski definition) is 2. The number of nitrogens with one attached hydrogen (secondary N) is 1. The fourth-order valence-corrected chi connectivity index (χ4v) is 3.88. The normalized spacial score (nSPS) is 16.7. The first-order valence-electron chi connectivity index (χ1n) is 9.39. The van der Waals surface area contributed by atoms with Crippen LogP contribution in [0.1, 0.15) is 48.7 Å². The summed E-state index contributed by atoms with van der Waals surface area (Å²) in [7, 11) is 0. The molecule has 2 aromatic heterocycles. The molecule has 1 aliphatic rings. The van der Waals surface area contributed by atoms with Gasteiger partial charge in [-0.1, -0.05) is 38.1 Å². The van der Waals surface area contributed by atoms with Crippen molar-refractivity contribution >= 4 is 17.2 Å². The molecule has 4 rings (SSSR count). The van der Waals surface area contributed by atoms with Crippen LogP contribution in [0.25, 0.3) is 5.65 Å². The summed E-state index contributed by atoms with van der Waals surface area (Å²) in [6, 6.07) is 12.2. The highest BCUT2D eigenvalue weighted by atomic mass is 16.1. The lowest BCUT2D eigenvalue weighted by Crippen LogP contribution is -2.29. The Kier molecular flexibility index (Phi) is 4.27. The summed E-state index contributed by atoms with van der Waals surface area (Å²) in [5.74, 6) is 0.487. The van der Waals surface area contributed by atoms with E-state index in [-0.39, 0.29) is 11.8 Å². The molecule has 1 atom stereocenters. The largest absolute Gasteiger partial charge is 0.326 e. The highest BCUT2D eigenvalue weighted by molar-refractivity contribution is 5.93. The number of rotatable bonds is 3. The second-order valence-corrected chi connectivity index (χ2v) is 7.61. The molecule has 0 saturated carbocycles. The summed E-state index contributed by atoms with van der Waals surface area (Å²) in [5.41, 5.74) is 6.63. The molecule has 26 heavy (non-hydrogen) atoms. The van der Waals surface area contributed by atoms with Crippen molar-refractivity contribution < 1.29 is 4.79 Å². The topological polar surface area (TPSA) is 46.4 Å². The van der Waals surface area contributed by atoms with Crippen molar-refractivity contribution in [3.63, 3.8) is 0 Å². The molecule has 1 amide bonds. The van der Waals surface area contributed by atoms with Gasteiger partial charge in [0.25, 0.3) is 0 Å². The minimum atomic E-state index is -0.0110. The highest BCUT2D eigenvalue weighted by Crippen LogP contribution is 2.29. The summed E-state index contributed by atoms with van der Waals surface area (Å²) < 4.78 is 2.16. The number of fused-ring (bicyclic) bond motifs is 3. The third-order valence-corrected chi connectivity index (χ3v) is 5.33. The van der Waals surface area contributed by atoms with Crippen molar-refractivity contribution in [2.24, 2.45) is 5.92 Å². The average Bonchev–Trinajstić information content (AvgIpc) is 2.99. The molecular formula is C22H25N3O. The van der Waals surface area contributed by atoms with E-state index in [1.165, 1.54) is 16.8 Å². The fourth-order valence-electron chi connectivity index (χ4n) is 3.88. The number of carbonyl (C=O) groups is 1. The van der Waals surface area contributed by atoms with Gasteiger partial charge in [-0.15, -0.1) is 0 Å². The molecule has 0 aliphatic heterocycles. The number of benzene rings is 1. The van der Waals surface area contributed by atoms with Gasteiger partial charge in [0.15, 0.2) is 0 Å². The molecule has 4 heteroatoms. The van der Waals surface area contributed by atoms with Crippen LogP contribution in [-0.4, -0.2) is 15.3 Å². The van der Waals surface area contributed by atoms with E-state index in [1.54, 1.807) is 0 Å². The number of imidazole rings is 1. The lowest BCUT2D eigenvalue weighted by molar-refractivity contribution is -0.120. The number of aryl methyl sites for hydroxylation is 2. The zero-order valence-electron chi connectivity index (χ0n) is 15.6. The standard InChI is InChI=1S/C22H25N3O/c1-14(2)17-6-4-5-7-18(17)24-22(26)16-9-10-19-20(12-16)25-13-15(3)8-11-21(25)23-19/h4-8,11,13-14,16H,9-10,12H2,1-3H3,(H,24,26). The van der Waals surface area contributed by atoms with E-state index in [4.69, 9.17) is 4.98 Å². The Hall–Kier alpha value is -2.62. The Morgan fingerprint density at radius 3 is 2.85 bits per heavy atom. The molecule has 3 aromatic rings. The molecule has 0 spiro atoms. The van der Waals surface area contributed by atoms with Crippen molar-refractivity contribution in [1.82, 2.24) is 9.38 Å². The van der Waals surface area contributed by atoms with Gasteiger partial charge in [0, 0.05) is 29.9 Å². The van der Waals surface area contributed by atoms with Crippen molar-refractivity contribution in [3.8, 4) is 0 Å². The number of anilines is 1. The van der Waals surface area contributed by atoms with Gasteiger partial charge in [-0.25, -0.2) is 4.98 Å². The molecule has 0 radical (unpaired) electrons. The van der Waals surface area contributed by atoms with E-state index in [0.29, 0.717) is 5.92 Å². The van der Waals surface area contributed by atoms with Crippen LogP contribution >= 0.6 is 0 Å². The minimum absolute atomic E-state index is 0.0110. The first-order valence-corrected chi connectivity index (χ1v) is 9.39. The van der Waals surface area contributed by atoms with E-state index in [0.717, 1.165) is 36.3 Å². The summed E-state index contributed by atoms with van der Waals surface area (Å²) >= 11 is 0. The predicted molar refractivity (Wildman–Crippen MR) is 105 cm³/mol. The zero-order valence-corrected chi connectivity index (χ0v) is 15.6. The maximum atomic E-state index is 12.9. The van der Waals surface area contributed by atoms with Gasteiger partial charge in [-0.3, -0.25) is 4.79 Å². The Labute approximate surface area is 154 Å². The quantitative estimate of drug-likeness (QED) is 0.758. The third-order valence-electron chi connectivity index (χ3n) is 5.33. The molecule has 0 saturated heterocycles. The second-order valence-electron chi connectivity index (χ2n) is 7.61. The van der Waals surface area contributed by atoms with Gasteiger partial charge >= 0.3 is 0 Å². The number of hydrogen-bond donors (Lipinski definition) is 1. The van der Waals surface area contributed by atoms with Crippen LogP contribution in [0.5, 0.6) is 0 Å². The SMILES string of the molecule is Cc1ccc2nc3c(n2c1)CC(C(=O)Nc1ccccc1C(C)C)CC3. The van der Waals surface area contributed by atoms with Crippen molar-refractivity contribution in [1.29, 1.82) is 0 Å². The molecule has 4 nitrogen and oxygen atoms in total. The minimum Gasteiger partial charge on any atom is -0.326 e. The maximum absolute atomic E-state index is 12.9. The highest BCUT2D eigenvalue weighted by Gasteiger charge is 2.28.